The molecule has 1 heterocycles. The van der Waals surface area contributed by atoms with Crippen molar-refractivity contribution < 1.29 is 24.1 Å². The molecule has 2 aromatic carbocycles. The predicted octanol–water partition coefficient (Wildman–Crippen LogP) is 4.51. The number of benzene rings is 2. The number of aldehydes is 1. The first-order valence-electron chi connectivity index (χ1n) is 12.1. The molecular weight excluding hydrogens is 503 g/mol. The third-order valence-corrected chi connectivity index (χ3v) is 7.28. The van der Waals surface area contributed by atoms with Crippen LogP contribution in [0.25, 0.3) is 0 Å². The van der Waals surface area contributed by atoms with Crippen molar-refractivity contribution in [3.63, 3.8) is 0 Å². The molecule has 0 bridgehead atoms. The van der Waals surface area contributed by atoms with Crippen LogP contribution < -0.4 is 19.9 Å². The Morgan fingerprint density at radius 3 is 2.50 bits per heavy atom. The highest BCUT2D eigenvalue weighted by Crippen LogP contribution is 2.42. The number of hydrogen-bond donors (Lipinski definition) is 2. The van der Waals surface area contributed by atoms with Gasteiger partial charge in [0, 0.05) is 42.8 Å². The predicted molar refractivity (Wildman–Crippen MR) is 145 cm³/mol. The maximum atomic E-state index is 10.8. The molecule has 9 heteroatoms. The number of carbonyl (C=O) groups excluding carboxylic acids is 1. The summed E-state index contributed by atoms with van der Waals surface area (Å²) in [6.45, 7) is 1.74. The zero-order valence-electron chi connectivity index (χ0n) is 21.0. The Hall–Kier alpha value is -2.03. The number of alkyl halides is 1. The summed E-state index contributed by atoms with van der Waals surface area (Å²) in [5.41, 5.74) is 8.00. The average Bonchev–Trinajstić information content (AvgIpc) is 2.87. The number of aliphatic hydroxyl groups excluding tert-OH is 1. The molecule has 36 heavy (non-hydrogen) atoms. The molecule has 3 unspecified atom stereocenters. The van der Waals surface area contributed by atoms with Gasteiger partial charge in [0.25, 0.3) is 0 Å². The number of ether oxygens (including phenoxy) is 3. The summed E-state index contributed by atoms with van der Waals surface area (Å²) in [4.78, 5) is 13.1. The van der Waals surface area contributed by atoms with E-state index in [1.165, 1.54) is 0 Å². The number of para-hydroxylation sites is 1. The Kier molecular flexibility index (Phi) is 12.3. The van der Waals surface area contributed by atoms with Crippen molar-refractivity contribution in [2.24, 2.45) is 5.73 Å². The maximum absolute atomic E-state index is 10.8. The topological polar surface area (TPSA) is 94.3 Å². The van der Waals surface area contributed by atoms with Crippen molar-refractivity contribution in [1.29, 1.82) is 0 Å². The molecule has 2 aromatic rings. The number of hydrogen-bond acceptors (Lipinski definition) is 7. The molecule has 1 saturated heterocycles. The number of rotatable bonds is 13. The van der Waals surface area contributed by atoms with Crippen LogP contribution in [-0.4, -0.2) is 61.1 Å². The fourth-order valence-electron chi connectivity index (χ4n) is 4.69. The van der Waals surface area contributed by atoms with Gasteiger partial charge >= 0.3 is 0 Å². The van der Waals surface area contributed by atoms with Crippen LogP contribution in [0.4, 0.5) is 0 Å². The summed E-state index contributed by atoms with van der Waals surface area (Å²) in [7, 11) is 3.24. The van der Waals surface area contributed by atoms with Crippen molar-refractivity contribution in [1.82, 2.24) is 4.90 Å². The lowest BCUT2D eigenvalue weighted by Gasteiger charge is -2.48. The number of carbonyl (C=O) groups is 1. The summed E-state index contributed by atoms with van der Waals surface area (Å²) in [6.07, 6.45) is 4.27. The Bertz CT molecular complexity index is 941. The van der Waals surface area contributed by atoms with E-state index in [0.29, 0.717) is 43.9 Å². The Labute approximate surface area is 225 Å². The van der Waals surface area contributed by atoms with Crippen molar-refractivity contribution in [3.05, 3.63) is 53.6 Å². The third kappa shape index (κ3) is 7.73. The van der Waals surface area contributed by atoms with Crippen LogP contribution >= 0.6 is 24.0 Å². The van der Waals surface area contributed by atoms with Gasteiger partial charge in [0.15, 0.2) is 0 Å². The SMILES string of the molecule is COc1cc(COc2ccccc2C2CC(N)(CCO)C(Cl)CN2CCCCC=O)cc(OC)c1.Cl. The van der Waals surface area contributed by atoms with Gasteiger partial charge in [-0.15, -0.1) is 24.0 Å². The van der Waals surface area contributed by atoms with Crippen molar-refractivity contribution in [3.8, 4) is 17.2 Å². The van der Waals surface area contributed by atoms with Crippen molar-refractivity contribution in [2.75, 3.05) is 33.9 Å². The molecule has 0 amide bonds. The minimum atomic E-state index is -0.687. The van der Waals surface area contributed by atoms with Crippen LogP contribution in [0.1, 0.15) is 49.3 Å². The van der Waals surface area contributed by atoms with E-state index in [9.17, 15) is 9.90 Å². The van der Waals surface area contributed by atoms with Gasteiger partial charge in [-0.05, 0) is 56.0 Å². The Balaban J connectivity index is 0.00000456. The molecule has 0 spiro atoms. The first-order chi connectivity index (χ1) is 16.9. The number of nitrogens with two attached hydrogens (primary N) is 1. The van der Waals surface area contributed by atoms with Crippen LogP contribution in [0.2, 0.25) is 0 Å². The fraction of sp³-hybridized carbons (Fsp3) is 0.519. The summed E-state index contributed by atoms with van der Waals surface area (Å²) in [5, 5.41) is 9.36. The molecule has 200 valence electrons. The number of methoxy groups -OCH3 is 2. The highest BCUT2D eigenvalue weighted by molar-refractivity contribution is 6.21. The average molecular weight is 542 g/mol. The van der Waals surface area contributed by atoms with Gasteiger partial charge in [-0.2, -0.15) is 0 Å². The Morgan fingerprint density at radius 1 is 1.17 bits per heavy atom. The molecule has 0 aromatic heterocycles. The molecule has 0 aliphatic carbocycles. The largest absolute Gasteiger partial charge is 0.497 e. The number of unbranched alkanes of at least 4 members (excludes halogenated alkanes) is 2. The fourth-order valence-corrected chi connectivity index (χ4v) is 5.07. The molecule has 7 nitrogen and oxygen atoms in total. The quantitative estimate of drug-likeness (QED) is 0.219. The number of piperidine rings is 1. The molecule has 3 atom stereocenters. The smallest absolute Gasteiger partial charge is 0.124 e. The highest BCUT2D eigenvalue weighted by Gasteiger charge is 2.44. The minimum absolute atomic E-state index is 0. The molecule has 0 radical (unpaired) electrons. The zero-order chi connectivity index (χ0) is 25.3. The van der Waals surface area contributed by atoms with Gasteiger partial charge in [-0.3, -0.25) is 4.90 Å². The third-order valence-electron chi connectivity index (χ3n) is 6.71. The first-order valence-corrected chi connectivity index (χ1v) is 12.5. The van der Waals surface area contributed by atoms with Gasteiger partial charge in [0.05, 0.1) is 19.6 Å². The monoisotopic (exact) mass is 540 g/mol. The first kappa shape index (κ1) is 30.2. The molecule has 0 saturated carbocycles. The lowest BCUT2D eigenvalue weighted by molar-refractivity contribution is -0.107. The molecule has 3 N–H and O–H groups in total. The van der Waals surface area contributed by atoms with Crippen LogP contribution in [0, 0.1) is 0 Å². The second-order valence-electron chi connectivity index (χ2n) is 9.10. The molecule has 3 rings (SSSR count). The van der Waals surface area contributed by atoms with Crippen LogP contribution in [0.3, 0.4) is 0 Å². The standard InChI is InChI=1S/C27H37ClN2O5.ClH/c1-33-21-14-20(15-22(16-21)34-2)19-35-25-9-5-4-8-23(25)24-17-27(29,10-13-32)26(28)18-30(24)11-6-3-7-12-31;/h4-5,8-9,12,14-16,24,26,32H,3,6-7,10-11,13,17-19,29H2,1-2H3;1H. The lowest BCUT2D eigenvalue weighted by atomic mass is 9.78. The molecular formula is C27H38Cl2N2O5. The van der Waals surface area contributed by atoms with E-state index in [1.807, 2.05) is 36.4 Å². The summed E-state index contributed by atoms with van der Waals surface area (Å²) >= 11 is 6.74. The second kappa shape index (κ2) is 14.6. The van der Waals surface area contributed by atoms with Gasteiger partial charge in [-0.25, -0.2) is 0 Å². The van der Waals surface area contributed by atoms with E-state index >= 15 is 0 Å². The molecule has 1 aliphatic rings. The van der Waals surface area contributed by atoms with Crippen molar-refractivity contribution >= 4 is 30.3 Å². The van der Waals surface area contributed by atoms with Crippen LogP contribution in [-0.2, 0) is 11.4 Å². The number of likely N-dealkylation sites (tertiary alicyclic amines) is 1. The van der Waals surface area contributed by atoms with Gasteiger partial charge in [0.1, 0.15) is 30.1 Å². The van der Waals surface area contributed by atoms with E-state index in [0.717, 1.165) is 42.5 Å². The van der Waals surface area contributed by atoms with E-state index < -0.39 is 5.54 Å². The van der Waals surface area contributed by atoms with Gasteiger partial charge in [-0.1, -0.05) is 18.2 Å². The lowest BCUT2D eigenvalue weighted by Crippen LogP contribution is -2.60. The molecule has 1 aliphatic heterocycles. The van der Waals surface area contributed by atoms with Gasteiger partial charge < -0.3 is 29.8 Å². The van der Waals surface area contributed by atoms with E-state index in [2.05, 4.69) is 11.0 Å². The second-order valence-corrected chi connectivity index (χ2v) is 9.63. The number of aliphatic hydroxyl groups is 1. The summed E-state index contributed by atoms with van der Waals surface area (Å²) < 4.78 is 17.1. The summed E-state index contributed by atoms with van der Waals surface area (Å²) in [5.74, 6) is 2.18. The highest BCUT2D eigenvalue weighted by atomic mass is 35.5. The minimum Gasteiger partial charge on any atom is -0.497 e. The maximum Gasteiger partial charge on any atom is 0.124 e. The van der Waals surface area contributed by atoms with Crippen LogP contribution in [0.5, 0.6) is 17.2 Å². The van der Waals surface area contributed by atoms with Gasteiger partial charge in [0.2, 0.25) is 0 Å². The number of nitrogens with zero attached hydrogens (tertiary/aromatic N) is 1. The Morgan fingerprint density at radius 2 is 1.86 bits per heavy atom. The van der Waals surface area contributed by atoms with E-state index in [-0.39, 0.29) is 30.4 Å². The number of halogens is 2. The van der Waals surface area contributed by atoms with E-state index in [4.69, 9.17) is 31.5 Å². The zero-order valence-corrected chi connectivity index (χ0v) is 22.6. The summed E-state index contributed by atoms with van der Waals surface area (Å²) in [6, 6.07) is 13.6. The van der Waals surface area contributed by atoms with Crippen LogP contribution in [0.15, 0.2) is 42.5 Å². The molecule has 1 fully saturated rings. The van der Waals surface area contributed by atoms with Crippen molar-refractivity contribution in [2.45, 2.75) is 55.7 Å². The normalized spacial score (nSPS) is 21.9. The van der Waals surface area contributed by atoms with E-state index in [1.54, 1.807) is 14.2 Å².